The minimum Gasteiger partial charge on any atom is -0.465 e. The van der Waals surface area contributed by atoms with Crippen LogP contribution in [0.2, 0.25) is 0 Å². The first-order valence-electron chi connectivity index (χ1n) is 8.66. The maximum absolute atomic E-state index is 14.0. The quantitative estimate of drug-likeness (QED) is 0.781. The lowest BCUT2D eigenvalue weighted by atomic mass is 10.0. The maximum Gasteiger partial charge on any atom is 0.328 e. The van der Waals surface area contributed by atoms with Crippen molar-refractivity contribution in [3.63, 3.8) is 0 Å². The van der Waals surface area contributed by atoms with Crippen molar-refractivity contribution in [3.05, 3.63) is 66.0 Å². The summed E-state index contributed by atoms with van der Waals surface area (Å²) in [7, 11) is 0. The Kier molecular flexibility index (Phi) is 5.66. The molecular formula is C20H23FN2O2. The van der Waals surface area contributed by atoms with Crippen LogP contribution in [-0.2, 0) is 9.53 Å². The molecule has 1 aliphatic rings. The molecular weight excluding hydrogens is 319 g/mol. The van der Waals surface area contributed by atoms with Gasteiger partial charge in [0.05, 0.1) is 12.3 Å². The van der Waals surface area contributed by atoms with Crippen LogP contribution in [0.3, 0.4) is 0 Å². The second kappa shape index (κ2) is 8.12. The molecule has 1 unspecified atom stereocenters. The molecule has 5 heteroatoms. The number of carbonyl (C=O) groups is 1. The number of hydrogen-bond acceptors (Lipinski definition) is 4. The van der Waals surface area contributed by atoms with Crippen molar-refractivity contribution in [3.8, 4) is 0 Å². The van der Waals surface area contributed by atoms with Crippen molar-refractivity contribution in [1.29, 1.82) is 0 Å². The fourth-order valence-corrected chi connectivity index (χ4v) is 3.28. The highest BCUT2D eigenvalue weighted by Crippen LogP contribution is 2.26. The van der Waals surface area contributed by atoms with Crippen molar-refractivity contribution < 1.29 is 13.9 Å². The molecule has 132 valence electrons. The fourth-order valence-electron chi connectivity index (χ4n) is 3.28. The summed E-state index contributed by atoms with van der Waals surface area (Å²) < 4.78 is 19.3. The number of piperazine rings is 1. The van der Waals surface area contributed by atoms with E-state index in [0.717, 1.165) is 5.56 Å². The highest BCUT2D eigenvalue weighted by atomic mass is 19.1. The van der Waals surface area contributed by atoms with E-state index in [1.54, 1.807) is 12.1 Å². The van der Waals surface area contributed by atoms with E-state index in [1.807, 2.05) is 48.2 Å². The van der Waals surface area contributed by atoms with Crippen molar-refractivity contribution in [2.45, 2.75) is 13.0 Å². The minimum atomic E-state index is -0.413. The standard InChI is InChI=1S/C20H23FN2O2/c1-2-25-20(24)19(16-8-4-3-5-9-16)23-14-12-22(13-15-23)18-11-7-6-10-17(18)21/h3-11,19H,2,12-15H2,1H3. The van der Waals surface area contributed by atoms with Crippen molar-refractivity contribution in [2.24, 2.45) is 0 Å². The lowest BCUT2D eigenvalue weighted by Crippen LogP contribution is -2.49. The van der Waals surface area contributed by atoms with E-state index in [4.69, 9.17) is 4.74 Å². The van der Waals surface area contributed by atoms with Crippen LogP contribution < -0.4 is 4.90 Å². The van der Waals surface area contributed by atoms with Gasteiger partial charge in [0, 0.05) is 26.2 Å². The lowest BCUT2D eigenvalue weighted by Gasteiger charge is -2.39. The molecule has 4 nitrogen and oxygen atoms in total. The number of anilines is 1. The molecule has 1 aliphatic heterocycles. The summed E-state index contributed by atoms with van der Waals surface area (Å²) in [6.45, 7) is 4.86. The zero-order valence-electron chi connectivity index (χ0n) is 14.4. The third-order valence-electron chi connectivity index (χ3n) is 4.50. The fraction of sp³-hybridized carbons (Fsp3) is 0.350. The predicted molar refractivity (Wildman–Crippen MR) is 96.0 cm³/mol. The lowest BCUT2D eigenvalue weighted by molar-refractivity contribution is -0.150. The average Bonchev–Trinajstić information content (AvgIpc) is 2.64. The van der Waals surface area contributed by atoms with Crippen LogP contribution in [-0.4, -0.2) is 43.7 Å². The van der Waals surface area contributed by atoms with E-state index >= 15 is 0 Å². The summed E-state index contributed by atoms with van der Waals surface area (Å²) in [5.41, 5.74) is 1.55. The minimum absolute atomic E-state index is 0.207. The average molecular weight is 342 g/mol. The third-order valence-corrected chi connectivity index (χ3v) is 4.50. The molecule has 0 aromatic heterocycles. The first-order valence-corrected chi connectivity index (χ1v) is 8.66. The Morgan fingerprint density at radius 1 is 1.04 bits per heavy atom. The Morgan fingerprint density at radius 2 is 1.68 bits per heavy atom. The number of carbonyl (C=O) groups excluding carboxylic acids is 1. The summed E-state index contributed by atoms with van der Waals surface area (Å²) in [6, 6.07) is 16.1. The highest BCUT2D eigenvalue weighted by molar-refractivity contribution is 5.77. The second-order valence-corrected chi connectivity index (χ2v) is 6.04. The number of halogens is 1. The molecule has 2 aromatic carbocycles. The van der Waals surface area contributed by atoms with Gasteiger partial charge in [-0.3, -0.25) is 4.90 Å². The van der Waals surface area contributed by atoms with E-state index < -0.39 is 6.04 Å². The molecule has 0 bridgehead atoms. The van der Waals surface area contributed by atoms with Gasteiger partial charge in [-0.05, 0) is 24.6 Å². The normalized spacial score (nSPS) is 16.5. The zero-order chi connectivity index (χ0) is 17.6. The molecule has 3 rings (SSSR count). The van der Waals surface area contributed by atoms with Gasteiger partial charge in [-0.25, -0.2) is 9.18 Å². The second-order valence-electron chi connectivity index (χ2n) is 6.04. The van der Waals surface area contributed by atoms with Gasteiger partial charge < -0.3 is 9.64 Å². The molecule has 0 radical (unpaired) electrons. The number of benzene rings is 2. The summed E-state index contributed by atoms with van der Waals surface area (Å²) in [6.07, 6.45) is 0. The zero-order valence-corrected chi connectivity index (χ0v) is 14.4. The van der Waals surface area contributed by atoms with Crippen LogP contribution in [0.25, 0.3) is 0 Å². The van der Waals surface area contributed by atoms with Gasteiger partial charge in [-0.15, -0.1) is 0 Å². The topological polar surface area (TPSA) is 32.8 Å². The Morgan fingerprint density at radius 3 is 2.32 bits per heavy atom. The number of hydrogen-bond donors (Lipinski definition) is 0. The first-order chi connectivity index (χ1) is 12.2. The van der Waals surface area contributed by atoms with Crippen LogP contribution in [0.5, 0.6) is 0 Å². The molecule has 25 heavy (non-hydrogen) atoms. The molecule has 0 N–H and O–H groups in total. The van der Waals surface area contributed by atoms with Gasteiger partial charge in [0.25, 0.3) is 0 Å². The van der Waals surface area contributed by atoms with E-state index in [0.29, 0.717) is 38.5 Å². The molecule has 0 spiro atoms. The van der Waals surface area contributed by atoms with E-state index in [-0.39, 0.29) is 11.8 Å². The molecule has 2 aromatic rings. The summed E-state index contributed by atoms with van der Waals surface area (Å²) in [4.78, 5) is 16.7. The molecule has 0 aliphatic carbocycles. The van der Waals surface area contributed by atoms with Crippen molar-refractivity contribution in [2.75, 3.05) is 37.7 Å². The van der Waals surface area contributed by atoms with Gasteiger partial charge in [0.2, 0.25) is 0 Å². The Balaban J connectivity index is 1.74. The smallest absolute Gasteiger partial charge is 0.328 e. The van der Waals surface area contributed by atoms with Crippen molar-refractivity contribution in [1.82, 2.24) is 4.90 Å². The number of nitrogens with zero attached hydrogens (tertiary/aromatic N) is 2. The number of esters is 1. The Hall–Kier alpha value is -2.40. The molecule has 0 amide bonds. The SMILES string of the molecule is CCOC(=O)C(c1ccccc1)N1CCN(c2ccccc2F)CC1. The Labute approximate surface area is 147 Å². The van der Waals surface area contributed by atoms with Crippen LogP contribution in [0.4, 0.5) is 10.1 Å². The predicted octanol–water partition coefficient (Wildman–Crippen LogP) is 3.25. The monoisotopic (exact) mass is 342 g/mol. The van der Waals surface area contributed by atoms with E-state index in [9.17, 15) is 9.18 Å². The van der Waals surface area contributed by atoms with Gasteiger partial charge >= 0.3 is 5.97 Å². The molecule has 1 fully saturated rings. The molecule has 1 heterocycles. The van der Waals surface area contributed by atoms with Gasteiger partial charge in [0.1, 0.15) is 11.9 Å². The van der Waals surface area contributed by atoms with Crippen LogP contribution in [0.15, 0.2) is 54.6 Å². The summed E-state index contributed by atoms with van der Waals surface area (Å²) in [5, 5.41) is 0. The molecule has 1 atom stereocenters. The van der Waals surface area contributed by atoms with E-state index in [1.165, 1.54) is 6.07 Å². The first kappa shape index (κ1) is 17.4. The van der Waals surface area contributed by atoms with Gasteiger partial charge in [-0.1, -0.05) is 42.5 Å². The van der Waals surface area contributed by atoms with Crippen LogP contribution in [0, 0.1) is 5.82 Å². The van der Waals surface area contributed by atoms with Gasteiger partial charge in [0.15, 0.2) is 0 Å². The van der Waals surface area contributed by atoms with Crippen LogP contribution in [0.1, 0.15) is 18.5 Å². The van der Waals surface area contributed by atoms with E-state index in [2.05, 4.69) is 4.90 Å². The number of para-hydroxylation sites is 1. The van der Waals surface area contributed by atoms with Crippen LogP contribution >= 0.6 is 0 Å². The third kappa shape index (κ3) is 3.99. The van der Waals surface area contributed by atoms with Gasteiger partial charge in [-0.2, -0.15) is 0 Å². The summed E-state index contributed by atoms with van der Waals surface area (Å²) >= 11 is 0. The summed E-state index contributed by atoms with van der Waals surface area (Å²) in [5.74, 6) is -0.436. The Bertz CT molecular complexity index is 700. The highest BCUT2D eigenvalue weighted by Gasteiger charge is 2.31. The number of ether oxygens (including phenoxy) is 1. The molecule has 1 saturated heterocycles. The van der Waals surface area contributed by atoms with Crippen molar-refractivity contribution >= 4 is 11.7 Å². The largest absolute Gasteiger partial charge is 0.465 e. The molecule has 0 saturated carbocycles. The number of rotatable bonds is 5. The maximum atomic E-state index is 14.0.